The maximum absolute atomic E-state index is 6.51. The van der Waals surface area contributed by atoms with Crippen LogP contribution in [-0.2, 0) is 0 Å². The van der Waals surface area contributed by atoms with Crippen LogP contribution >= 0.6 is 0 Å². The fourth-order valence-corrected chi connectivity index (χ4v) is 8.37. The molecule has 2 aromatic heterocycles. The summed E-state index contributed by atoms with van der Waals surface area (Å²) in [6.45, 7) is 0. The largest absolute Gasteiger partial charge is 0.435 e. The molecular weight excluding hydrogens is 695 g/mol. The van der Waals surface area contributed by atoms with E-state index in [1.165, 1.54) is 32.6 Å². The number of benzene rings is 9. The van der Waals surface area contributed by atoms with Crippen molar-refractivity contribution in [1.82, 2.24) is 9.55 Å². The van der Waals surface area contributed by atoms with Crippen LogP contribution in [0.4, 0.5) is 17.1 Å². The lowest BCUT2D eigenvalue weighted by molar-refractivity contribution is 0.621. The van der Waals surface area contributed by atoms with E-state index in [1.807, 2.05) is 36.4 Å². The van der Waals surface area contributed by atoms with Crippen molar-refractivity contribution in [3.8, 4) is 39.4 Å². The number of aromatic nitrogens is 2. The summed E-state index contributed by atoms with van der Waals surface area (Å²) in [6, 6.07) is 75.3. The molecule has 11 aromatic rings. The van der Waals surface area contributed by atoms with Gasteiger partial charge in [-0.05, 0) is 106 Å². The fourth-order valence-electron chi connectivity index (χ4n) is 8.37. The summed E-state index contributed by atoms with van der Waals surface area (Å²) in [7, 11) is 0. The van der Waals surface area contributed by atoms with Gasteiger partial charge in [0.05, 0.1) is 11.0 Å². The van der Waals surface area contributed by atoms with E-state index in [1.54, 1.807) is 0 Å². The van der Waals surface area contributed by atoms with Crippen molar-refractivity contribution in [2.24, 2.45) is 0 Å². The molecule has 0 amide bonds. The molecule has 4 heteroatoms. The van der Waals surface area contributed by atoms with Crippen LogP contribution in [0, 0.1) is 0 Å². The topological polar surface area (TPSA) is 34.2 Å². The molecule has 4 nitrogen and oxygen atoms in total. The second kappa shape index (κ2) is 13.6. The number of rotatable bonds is 7. The Hall–Kier alpha value is -7.69. The van der Waals surface area contributed by atoms with Gasteiger partial charge in [-0.15, -0.1) is 0 Å². The van der Waals surface area contributed by atoms with Crippen LogP contribution in [0.15, 0.2) is 217 Å². The van der Waals surface area contributed by atoms with E-state index < -0.39 is 0 Å². The van der Waals surface area contributed by atoms with Crippen LogP contribution in [0.25, 0.3) is 83.1 Å². The van der Waals surface area contributed by atoms with Crippen molar-refractivity contribution in [1.29, 1.82) is 0 Å². The van der Waals surface area contributed by atoms with Gasteiger partial charge < -0.3 is 13.9 Å². The highest BCUT2D eigenvalue weighted by Crippen LogP contribution is 2.44. The Morgan fingerprint density at radius 1 is 0.421 bits per heavy atom. The summed E-state index contributed by atoms with van der Waals surface area (Å²) >= 11 is 0. The smallest absolute Gasteiger partial charge is 0.227 e. The number of hydrogen-bond donors (Lipinski definition) is 0. The van der Waals surface area contributed by atoms with Crippen molar-refractivity contribution in [2.45, 2.75) is 0 Å². The molecule has 0 aliphatic carbocycles. The third-order valence-electron chi connectivity index (χ3n) is 11.0. The molecule has 0 unspecified atom stereocenters. The van der Waals surface area contributed by atoms with E-state index in [2.05, 4.69) is 185 Å². The molecule has 0 N–H and O–H groups in total. The normalized spacial score (nSPS) is 11.5. The van der Waals surface area contributed by atoms with Crippen LogP contribution in [0.2, 0.25) is 0 Å². The lowest BCUT2D eigenvalue weighted by atomic mass is 10.0. The first kappa shape index (κ1) is 32.7. The Labute approximate surface area is 330 Å². The van der Waals surface area contributed by atoms with Gasteiger partial charge in [-0.1, -0.05) is 133 Å². The van der Waals surface area contributed by atoms with E-state index >= 15 is 0 Å². The first-order valence-electron chi connectivity index (χ1n) is 19.3. The molecule has 0 fully saturated rings. The average Bonchev–Trinajstić information content (AvgIpc) is 3.88. The summed E-state index contributed by atoms with van der Waals surface area (Å²) in [6.07, 6.45) is 0. The number of fused-ring (bicyclic) bond motifs is 6. The van der Waals surface area contributed by atoms with Gasteiger partial charge in [-0.3, -0.25) is 0 Å². The van der Waals surface area contributed by atoms with Crippen LogP contribution in [0.3, 0.4) is 0 Å². The minimum atomic E-state index is 0.615. The van der Waals surface area contributed by atoms with Crippen molar-refractivity contribution in [3.63, 3.8) is 0 Å². The lowest BCUT2D eigenvalue weighted by Gasteiger charge is -2.27. The Morgan fingerprint density at radius 2 is 1.04 bits per heavy atom. The van der Waals surface area contributed by atoms with Crippen LogP contribution in [0.1, 0.15) is 0 Å². The number of oxazole rings is 1. The molecule has 268 valence electrons. The van der Waals surface area contributed by atoms with Gasteiger partial charge >= 0.3 is 0 Å². The summed E-state index contributed by atoms with van der Waals surface area (Å²) in [4.78, 5) is 7.26. The number of para-hydroxylation sites is 2. The zero-order chi connectivity index (χ0) is 37.7. The van der Waals surface area contributed by atoms with E-state index in [0.717, 1.165) is 61.6 Å². The zero-order valence-corrected chi connectivity index (χ0v) is 31.0. The quantitative estimate of drug-likeness (QED) is 0.164. The Bertz CT molecular complexity index is 3240. The lowest BCUT2D eigenvalue weighted by Crippen LogP contribution is -2.10. The van der Waals surface area contributed by atoms with E-state index in [4.69, 9.17) is 9.40 Å². The van der Waals surface area contributed by atoms with Crippen molar-refractivity contribution >= 4 is 60.7 Å². The molecule has 0 radical (unpaired) electrons. The number of nitrogens with zero attached hydrogens (tertiary/aromatic N) is 3. The molecule has 0 bridgehead atoms. The SMILES string of the molecule is c1ccc(-c2cccc(N(c3cccc(-c4cccc5nc(-c6ccccc6)oc45)c3)c3ccc4c(c3)c3c5ccccc5ccc3n4-c3ccccc3)c2)cc1. The molecule has 0 aliphatic heterocycles. The highest BCUT2D eigenvalue weighted by molar-refractivity contribution is 6.22. The van der Waals surface area contributed by atoms with Crippen molar-refractivity contribution in [2.75, 3.05) is 4.90 Å². The highest BCUT2D eigenvalue weighted by atomic mass is 16.3. The zero-order valence-electron chi connectivity index (χ0n) is 31.0. The monoisotopic (exact) mass is 729 g/mol. The molecule has 11 rings (SSSR count). The van der Waals surface area contributed by atoms with Gasteiger partial charge in [0.25, 0.3) is 0 Å². The minimum Gasteiger partial charge on any atom is -0.435 e. The van der Waals surface area contributed by atoms with Crippen LogP contribution < -0.4 is 4.90 Å². The highest BCUT2D eigenvalue weighted by Gasteiger charge is 2.21. The van der Waals surface area contributed by atoms with Gasteiger partial charge in [0.2, 0.25) is 5.89 Å². The van der Waals surface area contributed by atoms with Crippen molar-refractivity contribution < 1.29 is 4.42 Å². The van der Waals surface area contributed by atoms with Gasteiger partial charge in [-0.2, -0.15) is 0 Å². The van der Waals surface area contributed by atoms with Crippen molar-refractivity contribution in [3.05, 3.63) is 212 Å². The Kier molecular flexibility index (Phi) is 7.78. The molecule has 0 spiro atoms. The van der Waals surface area contributed by atoms with E-state index in [9.17, 15) is 0 Å². The summed E-state index contributed by atoms with van der Waals surface area (Å²) < 4.78 is 8.90. The van der Waals surface area contributed by atoms with E-state index in [-0.39, 0.29) is 0 Å². The molecule has 0 saturated carbocycles. The van der Waals surface area contributed by atoms with E-state index in [0.29, 0.717) is 5.89 Å². The number of hydrogen-bond acceptors (Lipinski definition) is 3. The molecule has 0 saturated heterocycles. The molecule has 57 heavy (non-hydrogen) atoms. The number of anilines is 3. The second-order valence-electron chi connectivity index (χ2n) is 14.4. The summed E-state index contributed by atoms with van der Waals surface area (Å²) in [5.41, 5.74) is 13.6. The fraction of sp³-hybridized carbons (Fsp3) is 0. The van der Waals surface area contributed by atoms with Gasteiger partial charge in [0, 0.05) is 44.6 Å². The third-order valence-corrected chi connectivity index (χ3v) is 11.0. The maximum atomic E-state index is 6.51. The standard InChI is InChI=1S/C53H35N3O/c1-4-15-36(16-5-1)39-20-12-24-42(33-39)55(43-25-13-21-40(34-43)46-27-14-28-48-52(46)57-53(54-48)38-18-6-2-7-19-38)44-30-32-49-47(35-44)51-45-26-11-10-17-37(45)29-31-50(51)56(49)41-22-8-3-9-23-41/h1-35H. The molecule has 9 aromatic carbocycles. The Balaban J connectivity index is 1.14. The summed E-state index contributed by atoms with van der Waals surface area (Å²) in [5, 5.41) is 4.90. The predicted molar refractivity (Wildman–Crippen MR) is 237 cm³/mol. The third kappa shape index (κ3) is 5.66. The van der Waals surface area contributed by atoms with Crippen LogP contribution in [-0.4, -0.2) is 9.55 Å². The minimum absolute atomic E-state index is 0.615. The van der Waals surface area contributed by atoms with Gasteiger partial charge in [0.1, 0.15) is 5.52 Å². The van der Waals surface area contributed by atoms with Crippen LogP contribution in [0.5, 0.6) is 0 Å². The summed E-state index contributed by atoms with van der Waals surface area (Å²) in [5.74, 6) is 0.615. The average molecular weight is 730 g/mol. The predicted octanol–water partition coefficient (Wildman–Crippen LogP) is 14.5. The molecule has 0 atom stereocenters. The first-order valence-corrected chi connectivity index (χ1v) is 19.3. The van der Waals surface area contributed by atoms with Gasteiger partial charge in [0.15, 0.2) is 5.58 Å². The Morgan fingerprint density at radius 3 is 1.82 bits per heavy atom. The first-order chi connectivity index (χ1) is 28.3. The maximum Gasteiger partial charge on any atom is 0.227 e. The molecule has 2 heterocycles. The second-order valence-corrected chi connectivity index (χ2v) is 14.4. The molecular formula is C53H35N3O. The van der Waals surface area contributed by atoms with Gasteiger partial charge in [-0.25, -0.2) is 4.98 Å². The molecule has 0 aliphatic rings.